The molecule has 66 heavy (non-hydrogen) atoms. The number of unbranched alkanes of at least 4 members (excludes halogenated alkanes) is 18. The number of hydrogen-bond acceptors (Lipinski definition) is 6. The lowest BCUT2D eigenvalue weighted by Crippen LogP contribution is -2.36. The molecule has 6 nitrogen and oxygen atoms in total. The first kappa shape index (κ1) is 62.1. The van der Waals surface area contributed by atoms with E-state index in [2.05, 4.69) is 118 Å². The van der Waals surface area contributed by atoms with Gasteiger partial charge in [-0.2, -0.15) is 0 Å². The van der Waals surface area contributed by atoms with Crippen LogP contribution < -0.4 is 5.11 Å². The second-order valence-electron chi connectivity index (χ2n) is 17.7. The summed E-state index contributed by atoms with van der Waals surface area (Å²) in [4.78, 5) is 37.9. The minimum Gasteiger partial charge on any atom is -0.550 e. The van der Waals surface area contributed by atoms with E-state index in [0.29, 0.717) is 19.3 Å². The molecule has 0 fully saturated rings. The van der Waals surface area contributed by atoms with E-state index in [1.807, 2.05) is 12.2 Å². The predicted octanol–water partition coefficient (Wildman–Crippen LogP) is 16.7. The van der Waals surface area contributed by atoms with E-state index < -0.39 is 24.0 Å². The molecule has 0 radical (unpaired) electrons. The lowest BCUT2D eigenvalue weighted by Gasteiger charge is -2.24. The van der Waals surface area contributed by atoms with Crippen LogP contribution in [0.5, 0.6) is 0 Å². The van der Waals surface area contributed by atoms with Gasteiger partial charge in [0, 0.05) is 24.7 Å². The number of allylic oxidation sites excluding steroid dienone is 18. The van der Waals surface area contributed by atoms with Crippen molar-refractivity contribution in [3.63, 3.8) is 0 Å². The summed E-state index contributed by atoms with van der Waals surface area (Å²) in [6.45, 7) is 6.48. The number of esters is 2. The summed E-state index contributed by atoms with van der Waals surface area (Å²) in [5.41, 5.74) is 0. The fourth-order valence-electron chi connectivity index (χ4n) is 7.33. The average Bonchev–Trinajstić information content (AvgIpc) is 3.31. The monoisotopic (exact) mass is 914 g/mol. The van der Waals surface area contributed by atoms with Gasteiger partial charge < -0.3 is 19.4 Å². The first-order valence-corrected chi connectivity index (χ1v) is 26.8. The number of aliphatic carboxylic acids is 1. The molecule has 0 spiro atoms. The van der Waals surface area contributed by atoms with Gasteiger partial charge in [-0.05, 0) is 103 Å². The first-order valence-electron chi connectivity index (χ1n) is 26.8. The maximum absolute atomic E-state index is 12.9. The maximum Gasteiger partial charge on any atom is 0.306 e. The van der Waals surface area contributed by atoms with Crippen LogP contribution in [0.4, 0.5) is 0 Å². The topological polar surface area (TPSA) is 92.7 Å². The van der Waals surface area contributed by atoms with Crippen molar-refractivity contribution in [2.75, 3.05) is 6.61 Å². The van der Waals surface area contributed by atoms with Gasteiger partial charge in [0.15, 0.2) is 0 Å². The van der Waals surface area contributed by atoms with Crippen molar-refractivity contribution in [2.45, 2.75) is 239 Å². The molecule has 0 amide bonds. The van der Waals surface area contributed by atoms with Crippen LogP contribution in [-0.2, 0) is 23.9 Å². The second-order valence-corrected chi connectivity index (χ2v) is 17.7. The molecule has 0 bridgehead atoms. The molecule has 0 aromatic rings. The van der Waals surface area contributed by atoms with E-state index in [4.69, 9.17) is 9.47 Å². The zero-order chi connectivity index (χ0) is 48.1. The zero-order valence-corrected chi connectivity index (χ0v) is 42.5. The van der Waals surface area contributed by atoms with Crippen molar-refractivity contribution in [1.29, 1.82) is 0 Å². The maximum atomic E-state index is 12.9. The molecule has 2 unspecified atom stereocenters. The van der Waals surface area contributed by atoms with Crippen LogP contribution in [0.2, 0.25) is 0 Å². The summed E-state index contributed by atoms with van der Waals surface area (Å²) in [5, 5.41) is 12.2. The third kappa shape index (κ3) is 48.0. The quantitative estimate of drug-likeness (QED) is 0.0343. The van der Waals surface area contributed by atoms with Gasteiger partial charge in [-0.15, -0.1) is 0 Å². The molecule has 6 heteroatoms. The SMILES string of the molecule is CC/C=C\C/C=C\C/C=C\C/C=C\C/C=C\C/C=C\CC(CC(COC(=O)CCCCCCCCCCCCCCCC)OC(=O)CCCC/C=C\C/C=C\C/C=C\CCCCC)C(=O)[O-]. The average molecular weight is 914 g/mol. The molecule has 0 saturated carbocycles. The van der Waals surface area contributed by atoms with Gasteiger partial charge in [0.05, 0.1) is 0 Å². The molecule has 0 aromatic heterocycles. The van der Waals surface area contributed by atoms with Crippen molar-refractivity contribution in [2.24, 2.45) is 5.92 Å². The molecule has 0 saturated heterocycles. The van der Waals surface area contributed by atoms with Gasteiger partial charge in [0.1, 0.15) is 12.7 Å². The van der Waals surface area contributed by atoms with Gasteiger partial charge in [-0.25, -0.2) is 0 Å². The highest BCUT2D eigenvalue weighted by Crippen LogP contribution is 2.18. The van der Waals surface area contributed by atoms with Gasteiger partial charge in [0.2, 0.25) is 0 Å². The molecule has 0 aromatic carbocycles. The number of carboxylic acid groups (broad SMARTS) is 1. The number of carboxylic acids is 1. The Bertz CT molecular complexity index is 1390. The molecular formula is C60H97O6-. The number of carbonyl (C=O) groups is 3. The molecule has 0 rings (SSSR count). The lowest BCUT2D eigenvalue weighted by molar-refractivity contribution is -0.312. The lowest BCUT2D eigenvalue weighted by atomic mass is 9.97. The Morgan fingerprint density at radius 2 is 0.758 bits per heavy atom. The summed E-state index contributed by atoms with van der Waals surface area (Å²) in [5.74, 6) is -2.82. The summed E-state index contributed by atoms with van der Waals surface area (Å²) in [7, 11) is 0. The largest absolute Gasteiger partial charge is 0.550 e. The molecule has 0 aliphatic heterocycles. The highest BCUT2D eigenvalue weighted by molar-refractivity contribution is 5.71. The number of rotatable bonds is 47. The van der Waals surface area contributed by atoms with Crippen LogP contribution in [-0.4, -0.2) is 30.6 Å². The van der Waals surface area contributed by atoms with Crippen LogP contribution in [0.1, 0.15) is 233 Å². The molecule has 0 aliphatic rings. The molecule has 374 valence electrons. The van der Waals surface area contributed by atoms with Crippen LogP contribution in [0, 0.1) is 5.92 Å². The van der Waals surface area contributed by atoms with Gasteiger partial charge >= 0.3 is 11.9 Å². The summed E-state index contributed by atoms with van der Waals surface area (Å²) in [6, 6.07) is 0. The van der Waals surface area contributed by atoms with Crippen LogP contribution in [0.25, 0.3) is 0 Å². The van der Waals surface area contributed by atoms with Crippen molar-refractivity contribution < 1.29 is 29.0 Å². The fraction of sp³-hybridized carbons (Fsp3) is 0.650. The van der Waals surface area contributed by atoms with E-state index in [1.54, 1.807) is 0 Å². The van der Waals surface area contributed by atoms with Gasteiger partial charge in [0.25, 0.3) is 0 Å². The van der Waals surface area contributed by atoms with Crippen LogP contribution in [0.15, 0.2) is 109 Å². The van der Waals surface area contributed by atoms with E-state index in [-0.39, 0.29) is 31.8 Å². The van der Waals surface area contributed by atoms with Gasteiger partial charge in [-0.1, -0.05) is 226 Å². The Morgan fingerprint density at radius 3 is 1.20 bits per heavy atom. The van der Waals surface area contributed by atoms with E-state index in [1.165, 1.54) is 89.9 Å². The van der Waals surface area contributed by atoms with Crippen LogP contribution >= 0.6 is 0 Å². The summed E-state index contributed by atoms with van der Waals surface area (Å²) >= 11 is 0. The van der Waals surface area contributed by atoms with Gasteiger partial charge in [-0.3, -0.25) is 9.59 Å². The number of hydrogen-bond donors (Lipinski definition) is 0. The molecular weight excluding hydrogens is 817 g/mol. The molecule has 0 heterocycles. The Morgan fingerprint density at radius 1 is 0.409 bits per heavy atom. The number of ether oxygens (including phenoxy) is 2. The standard InChI is InChI=1S/C60H98O6/c1-4-7-10-13-16-19-22-25-28-29-30-32-33-36-39-42-45-48-51-56(60(63)64)54-57(55-65-58(61)52-49-46-43-40-37-34-27-24-21-18-15-12-9-6-3)66-59(62)53-50-47-44-41-38-35-31-26-23-20-17-14-11-8-5-2/h7,10,16-17,19-20,25-26,28,30-32,36,38-39,41,45,48,56-57H,4-6,8-9,11-15,18,21-24,27,29,33-35,37,40,42-44,46-47,49-55H2,1-3H3,(H,63,64)/p-1/b10-7-,19-16-,20-17-,28-25-,31-26-,32-30-,39-36-,41-38-,48-45-. The van der Waals surface area contributed by atoms with E-state index in [0.717, 1.165) is 83.5 Å². The Kier molecular flexibility index (Phi) is 48.9. The highest BCUT2D eigenvalue weighted by atomic mass is 16.6. The van der Waals surface area contributed by atoms with Crippen molar-refractivity contribution in [1.82, 2.24) is 0 Å². The van der Waals surface area contributed by atoms with Crippen LogP contribution in [0.3, 0.4) is 0 Å². The van der Waals surface area contributed by atoms with Crippen molar-refractivity contribution in [3.8, 4) is 0 Å². The van der Waals surface area contributed by atoms with E-state index >= 15 is 0 Å². The Balaban J connectivity index is 4.83. The van der Waals surface area contributed by atoms with Crippen molar-refractivity contribution in [3.05, 3.63) is 109 Å². The summed E-state index contributed by atoms with van der Waals surface area (Å²) < 4.78 is 11.4. The highest BCUT2D eigenvalue weighted by Gasteiger charge is 2.22. The third-order valence-corrected chi connectivity index (χ3v) is 11.4. The second kappa shape index (κ2) is 52.0. The zero-order valence-electron chi connectivity index (χ0n) is 42.5. The predicted molar refractivity (Wildman–Crippen MR) is 281 cm³/mol. The summed E-state index contributed by atoms with van der Waals surface area (Å²) in [6.07, 6.45) is 70.5. The smallest absolute Gasteiger partial charge is 0.306 e. The Labute approximate surface area is 406 Å². The molecule has 0 aliphatic carbocycles. The molecule has 2 atom stereocenters. The number of carbonyl (C=O) groups excluding carboxylic acids is 3. The van der Waals surface area contributed by atoms with Crippen molar-refractivity contribution >= 4 is 17.9 Å². The fourth-order valence-corrected chi connectivity index (χ4v) is 7.33. The minimum absolute atomic E-state index is 0.0249. The van der Waals surface area contributed by atoms with E-state index in [9.17, 15) is 19.5 Å². The first-order chi connectivity index (χ1) is 32.4. The third-order valence-electron chi connectivity index (χ3n) is 11.4. The molecule has 0 N–H and O–H groups in total. The minimum atomic E-state index is -1.20. The Hall–Kier alpha value is -3.93. The normalized spacial score (nSPS) is 13.5.